The highest BCUT2D eigenvalue weighted by Gasteiger charge is 2.19. The van der Waals surface area contributed by atoms with Gasteiger partial charge in [-0.1, -0.05) is 176 Å². The van der Waals surface area contributed by atoms with Crippen LogP contribution in [0.25, 0.3) is 0 Å². The van der Waals surface area contributed by atoms with Crippen LogP contribution in [-0.4, -0.2) is 37.2 Å². The normalized spacial score (nSPS) is 12.8. The molecular formula is C53H88O6. The van der Waals surface area contributed by atoms with E-state index >= 15 is 0 Å². The maximum absolute atomic E-state index is 12.7. The van der Waals surface area contributed by atoms with Crippen molar-refractivity contribution in [3.8, 4) is 0 Å². The number of unbranched alkanes of at least 4 members (excludes halogenated alkanes) is 17. The summed E-state index contributed by atoms with van der Waals surface area (Å²) in [5.41, 5.74) is 0. The number of carbonyl (C=O) groups is 3. The van der Waals surface area contributed by atoms with Crippen molar-refractivity contribution in [1.82, 2.24) is 0 Å². The topological polar surface area (TPSA) is 78.9 Å². The van der Waals surface area contributed by atoms with E-state index in [0.29, 0.717) is 19.3 Å². The Labute approximate surface area is 363 Å². The van der Waals surface area contributed by atoms with Crippen LogP contribution >= 0.6 is 0 Å². The van der Waals surface area contributed by atoms with Crippen LogP contribution in [0, 0.1) is 0 Å². The van der Waals surface area contributed by atoms with Gasteiger partial charge in [-0.3, -0.25) is 14.4 Å². The lowest BCUT2D eigenvalue weighted by molar-refractivity contribution is -0.167. The minimum atomic E-state index is -0.805. The molecular weight excluding hydrogens is 733 g/mol. The van der Waals surface area contributed by atoms with Crippen molar-refractivity contribution >= 4 is 17.9 Å². The van der Waals surface area contributed by atoms with Crippen molar-refractivity contribution in [3.63, 3.8) is 0 Å². The summed E-state index contributed by atoms with van der Waals surface area (Å²) in [5.74, 6) is -0.987. The number of carbonyl (C=O) groups excluding carboxylic acids is 3. The molecule has 0 fully saturated rings. The van der Waals surface area contributed by atoms with Crippen LogP contribution in [0.1, 0.15) is 213 Å². The Bertz CT molecular complexity index is 1170. The van der Waals surface area contributed by atoms with Gasteiger partial charge >= 0.3 is 17.9 Å². The van der Waals surface area contributed by atoms with Gasteiger partial charge in [0.1, 0.15) is 13.2 Å². The Balaban J connectivity index is 4.50. The monoisotopic (exact) mass is 821 g/mol. The fourth-order valence-corrected chi connectivity index (χ4v) is 6.22. The summed E-state index contributed by atoms with van der Waals surface area (Å²) in [6, 6.07) is 0. The van der Waals surface area contributed by atoms with Crippen molar-refractivity contribution in [3.05, 3.63) is 85.1 Å². The Morgan fingerprint density at radius 3 is 1.17 bits per heavy atom. The van der Waals surface area contributed by atoms with Crippen LogP contribution in [0.15, 0.2) is 85.1 Å². The van der Waals surface area contributed by atoms with E-state index in [-0.39, 0.29) is 37.5 Å². The summed E-state index contributed by atoms with van der Waals surface area (Å²) in [4.78, 5) is 37.8. The highest BCUT2D eigenvalue weighted by molar-refractivity contribution is 5.71. The summed E-state index contributed by atoms with van der Waals surface area (Å²) >= 11 is 0. The number of rotatable bonds is 42. The average molecular weight is 821 g/mol. The minimum absolute atomic E-state index is 0.103. The molecule has 0 aliphatic heterocycles. The number of hydrogen-bond donors (Lipinski definition) is 0. The maximum Gasteiger partial charge on any atom is 0.306 e. The van der Waals surface area contributed by atoms with Crippen LogP contribution in [0.3, 0.4) is 0 Å². The van der Waals surface area contributed by atoms with Gasteiger partial charge in [0.15, 0.2) is 6.10 Å². The zero-order chi connectivity index (χ0) is 43.0. The summed E-state index contributed by atoms with van der Waals surface area (Å²) in [5, 5.41) is 0. The Morgan fingerprint density at radius 1 is 0.356 bits per heavy atom. The van der Waals surface area contributed by atoms with Gasteiger partial charge in [-0.05, 0) is 103 Å². The van der Waals surface area contributed by atoms with Gasteiger partial charge < -0.3 is 14.2 Å². The lowest BCUT2D eigenvalue weighted by Crippen LogP contribution is -2.30. The lowest BCUT2D eigenvalue weighted by Gasteiger charge is -2.18. The van der Waals surface area contributed by atoms with E-state index in [4.69, 9.17) is 14.2 Å². The molecule has 0 amide bonds. The molecule has 0 aromatic rings. The predicted molar refractivity (Wildman–Crippen MR) is 251 cm³/mol. The molecule has 6 heteroatoms. The molecule has 0 aromatic heterocycles. The number of ether oxygens (including phenoxy) is 3. The second kappa shape index (κ2) is 47.3. The minimum Gasteiger partial charge on any atom is -0.462 e. The first-order valence-corrected chi connectivity index (χ1v) is 24.1. The van der Waals surface area contributed by atoms with Crippen LogP contribution in [-0.2, 0) is 28.6 Å². The maximum atomic E-state index is 12.7. The van der Waals surface area contributed by atoms with E-state index in [9.17, 15) is 14.4 Å². The molecule has 6 nitrogen and oxygen atoms in total. The Hall–Kier alpha value is -3.41. The van der Waals surface area contributed by atoms with Crippen molar-refractivity contribution in [2.75, 3.05) is 13.2 Å². The quantitative estimate of drug-likeness (QED) is 0.0264. The first-order valence-electron chi connectivity index (χ1n) is 24.1. The average Bonchev–Trinajstić information content (AvgIpc) is 3.23. The fourth-order valence-electron chi connectivity index (χ4n) is 6.22. The summed E-state index contributed by atoms with van der Waals surface area (Å²) in [7, 11) is 0. The third kappa shape index (κ3) is 45.5. The first-order chi connectivity index (χ1) is 29.0. The largest absolute Gasteiger partial charge is 0.462 e. The zero-order valence-corrected chi connectivity index (χ0v) is 38.2. The fraction of sp³-hybridized carbons (Fsp3) is 0.679. The van der Waals surface area contributed by atoms with Gasteiger partial charge in [0.25, 0.3) is 0 Å². The van der Waals surface area contributed by atoms with E-state index in [1.54, 1.807) is 0 Å². The molecule has 1 atom stereocenters. The molecule has 0 aromatic carbocycles. The summed E-state index contributed by atoms with van der Waals surface area (Å²) < 4.78 is 16.7. The van der Waals surface area contributed by atoms with Crippen molar-refractivity contribution in [2.45, 2.75) is 219 Å². The predicted octanol–water partition coefficient (Wildman–Crippen LogP) is 15.6. The molecule has 1 unspecified atom stereocenters. The second-order valence-corrected chi connectivity index (χ2v) is 15.6. The number of esters is 3. The first kappa shape index (κ1) is 55.6. The third-order valence-electron chi connectivity index (χ3n) is 9.85. The van der Waals surface area contributed by atoms with Crippen LogP contribution < -0.4 is 0 Å². The van der Waals surface area contributed by atoms with Gasteiger partial charge in [0, 0.05) is 19.3 Å². The molecule has 0 saturated heterocycles. The SMILES string of the molecule is CC/C=C\C/C=C\C/C=C\C/C=C\C/C=C\CCCC(=O)OCC(COC(=O)CCCCCCC/C=C\CCCC)OC(=O)CCCCCCC/C=C\CCCCCC. The van der Waals surface area contributed by atoms with Gasteiger partial charge in [-0.15, -0.1) is 0 Å². The summed E-state index contributed by atoms with van der Waals surface area (Å²) in [6.45, 7) is 6.39. The highest BCUT2D eigenvalue weighted by atomic mass is 16.6. The zero-order valence-electron chi connectivity index (χ0n) is 38.2. The van der Waals surface area contributed by atoms with E-state index in [2.05, 4.69) is 106 Å². The van der Waals surface area contributed by atoms with Crippen LogP contribution in [0.2, 0.25) is 0 Å². The van der Waals surface area contributed by atoms with E-state index in [1.165, 1.54) is 64.2 Å². The lowest BCUT2D eigenvalue weighted by atomic mass is 10.1. The second-order valence-electron chi connectivity index (χ2n) is 15.6. The number of allylic oxidation sites excluding steroid dienone is 14. The van der Waals surface area contributed by atoms with Gasteiger partial charge in [0.05, 0.1) is 0 Å². The molecule has 0 bridgehead atoms. The van der Waals surface area contributed by atoms with E-state index in [1.807, 2.05) is 0 Å². The molecule has 0 saturated carbocycles. The Morgan fingerprint density at radius 2 is 0.695 bits per heavy atom. The van der Waals surface area contributed by atoms with E-state index in [0.717, 1.165) is 103 Å². The van der Waals surface area contributed by atoms with Crippen LogP contribution in [0.4, 0.5) is 0 Å². The smallest absolute Gasteiger partial charge is 0.306 e. The standard InChI is InChI=1S/C53H88O6/c1-4-7-10-13-16-19-22-24-25-26-27-29-31-34-37-40-43-46-52(55)58-49-50(48-57-51(54)45-42-39-36-33-30-21-18-15-12-9-6-3)59-53(56)47-44-41-38-35-32-28-23-20-17-14-11-8-5-2/h7,10,15-16,18-20,23-25,27,29,34,37,50H,4-6,8-9,11-14,17,21-22,26,28,30-33,35-36,38-49H2,1-3H3/b10-7-,18-15-,19-16-,23-20-,25-24-,29-27-,37-34-. The molecule has 0 N–H and O–H groups in total. The Kier molecular flexibility index (Phi) is 44.5. The van der Waals surface area contributed by atoms with Crippen molar-refractivity contribution in [2.24, 2.45) is 0 Å². The van der Waals surface area contributed by atoms with Gasteiger partial charge in [-0.2, -0.15) is 0 Å². The molecule has 0 rings (SSSR count). The van der Waals surface area contributed by atoms with Crippen molar-refractivity contribution < 1.29 is 28.6 Å². The van der Waals surface area contributed by atoms with Crippen LogP contribution in [0.5, 0.6) is 0 Å². The van der Waals surface area contributed by atoms with E-state index < -0.39 is 6.10 Å². The molecule has 336 valence electrons. The molecule has 0 heterocycles. The third-order valence-corrected chi connectivity index (χ3v) is 9.85. The molecule has 0 aliphatic rings. The summed E-state index contributed by atoms with van der Waals surface area (Å²) in [6.07, 6.45) is 60.0. The van der Waals surface area contributed by atoms with Gasteiger partial charge in [-0.25, -0.2) is 0 Å². The molecule has 0 aliphatic carbocycles. The van der Waals surface area contributed by atoms with Gasteiger partial charge in [0.2, 0.25) is 0 Å². The molecule has 0 spiro atoms. The highest BCUT2D eigenvalue weighted by Crippen LogP contribution is 2.12. The van der Waals surface area contributed by atoms with Crippen molar-refractivity contribution in [1.29, 1.82) is 0 Å². The number of hydrogen-bond acceptors (Lipinski definition) is 6. The molecule has 59 heavy (non-hydrogen) atoms. The molecule has 0 radical (unpaired) electrons.